The Morgan fingerprint density at radius 1 is 1.10 bits per heavy atom. The van der Waals surface area contributed by atoms with Crippen LogP contribution >= 0.6 is 0 Å². The number of epoxide rings is 2. The molecule has 1 N–H and O–H groups in total. The minimum Gasteiger partial charge on any atom is -0.478 e. The lowest BCUT2D eigenvalue weighted by molar-refractivity contribution is -0.132. The molecule has 152 valence electrons. The van der Waals surface area contributed by atoms with Gasteiger partial charge in [-0.25, -0.2) is 4.79 Å². The van der Waals surface area contributed by atoms with Gasteiger partial charge in [-0.2, -0.15) is 0 Å². The van der Waals surface area contributed by atoms with Crippen molar-refractivity contribution in [3.8, 4) is 0 Å². The van der Waals surface area contributed by atoms with Crippen LogP contribution in [-0.4, -0.2) is 36.5 Å². The van der Waals surface area contributed by atoms with E-state index in [1.807, 2.05) is 12.1 Å². The molecule has 4 heteroatoms. The van der Waals surface area contributed by atoms with Gasteiger partial charge in [-0.05, 0) is 29.2 Å². The summed E-state index contributed by atoms with van der Waals surface area (Å²) in [4.78, 5) is 11.4. The molecule has 0 radical (unpaired) electrons. The first-order valence-corrected chi connectivity index (χ1v) is 10.2. The molecule has 2 fully saturated rings. The van der Waals surface area contributed by atoms with E-state index >= 15 is 0 Å². The largest absolute Gasteiger partial charge is 0.478 e. The highest BCUT2D eigenvalue weighted by molar-refractivity contribution is 5.86. The molecule has 2 aliphatic rings. The number of rotatable bonds is 8. The lowest BCUT2D eigenvalue weighted by atomic mass is 9.71. The van der Waals surface area contributed by atoms with E-state index in [9.17, 15) is 9.90 Å². The monoisotopic (exact) mass is 392 g/mol. The smallest absolute Gasteiger partial charge is 0.330 e. The molecule has 0 amide bonds. The van der Waals surface area contributed by atoms with E-state index in [0.29, 0.717) is 18.3 Å². The van der Waals surface area contributed by atoms with Crippen LogP contribution in [0.4, 0.5) is 0 Å². The molecule has 2 aliphatic heterocycles. The number of benzene rings is 2. The predicted molar refractivity (Wildman–Crippen MR) is 112 cm³/mol. The summed E-state index contributed by atoms with van der Waals surface area (Å²) in [5.41, 5.74) is 5.06. The molecule has 0 spiro atoms. The molecule has 29 heavy (non-hydrogen) atoms. The minimum absolute atomic E-state index is 0.0383. The summed E-state index contributed by atoms with van der Waals surface area (Å²) in [7, 11) is 0. The van der Waals surface area contributed by atoms with Crippen molar-refractivity contribution in [3.63, 3.8) is 0 Å². The van der Waals surface area contributed by atoms with E-state index in [-0.39, 0.29) is 17.4 Å². The first kappa shape index (κ1) is 19.9. The van der Waals surface area contributed by atoms with Crippen LogP contribution < -0.4 is 0 Å². The molecule has 2 saturated heterocycles. The highest BCUT2D eigenvalue weighted by Crippen LogP contribution is 2.42. The van der Waals surface area contributed by atoms with Crippen LogP contribution in [0.2, 0.25) is 0 Å². The van der Waals surface area contributed by atoms with Crippen molar-refractivity contribution in [1.82, 2.24) is 0 Å². The molecule has 2 heterocycles. The number of carboxylic acid groups (broad SMARTS) is 1. The summed E-state index contributed by atoms with van der Waals surface area (Å²) in [6.45, 7) is 7.65. The Labute approximate surface area is 172 Å². The lowest BCUT2D eigenvalue weighted by Gasteiger charge is -2.32. The van der Waals surface area contributed by atoms with Gasteiger partial charge in [-0.15, -0.1) is 0 Å². The normalized spacial score (nSPS) is 22.2. The van der Waals surface area contributed by atoms with E-state index in [4.69, 9.17) is 9.47 Å². The van der Waals surface area contributed by atoms with E-state index in [0.717, 1.165) is 18.6 Å². The minimum atomic E-state index is -0.887. The van der Waals surface area contributed by atoms with Gasteiger partial charge in [0.15, 0.2) is 0 Å². The molecular formula is C25H28O4. The van der Waals surface area contributed by atoms with Gasteiger partial charge in [0.05, 0.1) is 25.4 Å². The SMILES string of the molecule is CC(=CC(c1ccccc1C(C)(C)c1ccccc1CC1CO1)C1CO1)C(=O)O. The zero-order chi connectivity index (χ0) is 20.6. The van der Waals surface area contributed by atoms with E-state index in [1.165, 1.54) is 16.7 Å². The summed E-state index contributed by atoms with van der Waals surface area (Å²) in [6, 6.07) is 16.9. The molecule has 4 nitrogen and oxygen atoms in total. The van der Waals surface area contributed by atoms with Crippen LogP contribution in [0.25, 0.3) is 0 Å². The number of carbonyl (C=O) groups is 1. The summed E-state index contributed by atoms with van der Waals surface area (Å²) >= 11 is 0. The molecule has 2 aromatic carbocycles. The molecule has 3 unspecified atom stereocenters. The number of hydrogen-bond acceptors (Lipinski definition) is 3. The number of ether oxygens (including phenoxy) is 2. The summed E-state index contributed by atoms with van der Waals surface area (Å²) in [6.07, 6.45) is 3.14. The number of carboxylic acids is 1. The van der Waals surface area contributed by atoms with Crippen LogP contribution in [0.1, 0.15) is 48.9 Å². The summed E-state index contributed by atoms with van der Waals surface area (Å²) < 4.78 is 11.1. The van der Waals surface area contributed by atoms with Gasteiger partial charge in [-0.1, -0.05) is 68.5 Å². The summed E-state index contributed by atoms with van der Waals surface area (Å²) in [5, 5.41) is 9.39. The van der Waals surface area contributed by atoms with Gasteiger partial charge >= 0.3 is 5.97 Å². The second-order valence-corrected chi connectivity index (χ2v) is 8.58. The third-order valence-electron chi connectivity index (χ3n) is 6.06. The zero-order valence-corrected chi connectivity index (χ0v) is 17.2. The van der Waals surface area contributed by atoms with Gasteiger partial charge in [0.2, 0.25) is 0 Å². The van der Waals surface area contributed by atoms with E-state index in [2.05, 4.69) is 56.3 Å². The molecule has 2 aromatic rings. The first-order valence-electron chi connectivity index (χ1n) is 10.2. The average Bonchev–Trinajstić information content (AvgIpc) is 3.61. The van der Waals surface area contributed by atoms with E-state index < -0.39 is 5.97 Å². The van der Waals surface area contributed by atoms with Crippen LogP contribution in [0.15, 0.2) is 60.2 Å². The van der Waals surface area contributed by atoms with Crippen LogP contribution in [0, 0.1) is 0 Å². The molecule has 4 rings (SSSR count). The molecule has 3 atom stereocenters. The lowest BCUT2D eigenvalue weighted by Crippen LogP contribution is -2.25. The van der Waals surface area contributed by atoms with Crippen molar-refractivity contribution in [1.29, 1.82) is 0 Å². The second kappa shape index (κ2) is 7.77. The second-order valence-electron chi connectivity index (χ2n) is 8.58. The van der Waals surface area contributed by atoms with Crippen molar-refractivity contribution in [3.05, 3.63) is 82.4 Å². The predicted octanol–water partition coefficient (Wildman–Crippen LogP) is 4.47. The maximum Gasteiger partial charge on any atom is 0.330 e. The van der Waals surface area contributed by atoms with Crippen molar-refractivity contribution in [2.75, 3.05) is 13.2 Å². The summed E-state index contributed by atoms with van der Waals surface area (Å²) in [5.74, 6) is -0.956. The van der Waals surface area contributed by atoms with Gasteiger partial charge in [-0.3, -0.25) is 0 Å². The zero-order valence-electron chi connectivity index (χ0n) is 17.2. The Kier molecular flexibility index (Phi) is 5.32. The topological polar surface area (TPSA) is 62.4 Å². The quantitative estimate of drug-likeness (QED) is 0.532. The Balaban J connectivity index is 1.78. The van der Waals surface area contributed by atoms with Crippen molar-refractivity contribution >= 4 is 5.97 Å². The number of aliphatic carboxylic acids is 1. The Bertz CT molecular complexity index is 935. The maximum absolute atomic E-state index is 11.4. The molecule has 0 aliphatic carbocycles. The number of hydrogen-bond donors (Lipinski definition) is 1. The average molecular weight is 392 g/mol. The van der Waals surface area contributed by atoms with Gasteiger partial charge in [0.25, 0.3) is 0 Å². The molecule has 0 saturated carbocycles. The van der Waals surface area contributed by atoms with Gasteiger partial charge < -0.3 is 14.6 Å². The molecule has 0 bridgehead atoms. The Morgan fingerprint density at radius 2 is 1.72 bits per heavy atom. The van der Waals surface area contributed by atoms with E-state index in [1.54, 1.807) is 6.92 Å². The van der Waals surface area contributed by atoms with Crippen LogP contribution in [0.5, 0.6) is 0 Å². The highest BCUT2D eigenvalue weighted by Gasteiger charge is 2.37. The highest BCUT2D eigenvalue weighted by atomic mass is 16.6. The fourth-order valence-corrected chi connectivity index (χ4v) is 4.24. The van der Waals surface area contributed by atoms with Crippen LogP contribution in [0.3, 0.4) is 0 Å². The fraction of sp³-hybridized carbons (Fsp3) is 0.400. The van der Waals surface area contributed by atoms with Crippen molar-refractivity contribution in [2.45, 2.75) is 50.7 Å². The Morgan fingerprint density at radius 3 is 2.34 bits per heavy atom. The molecule has 0 aromatic heterocycles. The van der Waals surface area contributed by atoms with Gasteiger partial charge in [0.1, 0.15) is 0 Å². The van der Waals surface area contributed by atoms with Crippen molar-refractivity contribution < 1.29 is 19.4 Å². The third kappa shape index (κ3) is 4.29. The Hall–Kier alpha value is -2.43. The third-order valence-corrected chi connectivity index (χ3v) is 6.06. The molecular weight excluding hydrogens is 364 g/mol. The maximum atomic E-state index is 11.4. The van der Waals surface area contributed by atoms with Crippen LogP contribution in [-0.2, 0) is 26.1 Å². The first-order chi connectivity index (χ1) is 13.9. The van der Waals surface area contributed by atoms with Gasteiger partial charge in [0, 0.05) is 23.3 Å². The van der Waals surface area contributed by atoms with Crippen molar-refractivity contribution in [2.24, 2.45) is 0 Å². The fourth-order valence-electron chi connectivity index (χ4n) is 4.24. The standard InChI is InChI=1S/C25H28O4/c1-16(24(26)27)12-20(23-15-29-23)19-9-5-7-11-22(19)25(2,3)21-10-6-4-8-17(21)13-18-14-28-18/h4-12,18,20,23H,13-15H2,1-3H3,(H,26,27).